The van der Waals surface area contributed by atoms with Crippen molar-refractivity contribution in [3.05, 3.63) is 82.8 Å². The number of carbonyl (C=O) groups is 1. The van der Waals surface area contributed by atoms with Crippen LogP contribution in [0.3, 0.4) is 0 Å². The second-order valence-corrected chi connectivity index (χ2v) is 9.49. The maximum atomic E-state index is 13.3. The third-order valence-corrected chi connectivity index (χ3v) is 6.81. The van der Waals surface area contributed by atoms with Gasteiger partial charge in [-0.1, -0.05) is 40.2 Å². The highest BCUT2D eigenvalue weighted by Crippen LogP contribution is 2.27. The number of hydrazone groups is 1. The number of methoxy groups -OCH3 is 2. The summed E-state index contributed by atoms with van der Waals surface area (Å²) in [5.41, 5.74) is 3.38. The number of hydrogen-bond acceptors (Lipinski definition) is 6. The van der Waals surface area contributed by atoms with Crippen LogP contribution in [0.4, 0.5) is 5.69 Å². The first-order valence-electron chi connectivity index (χ1n) is 9.72. The Morgan fingerprint density at radius 2 is 1.73 bits per heavy atom. The van der Waals surface area contributed by atoms with Gasteiger partial charge in [-0.25, -0.2) is 13.8 Å². The van der Waals surface area contributed by atoms with Crippen LogP contribution < -0.4 is 19.2 Å². The molecule has 0 aliphatic heterocycles. The first-order valence-corrected chi connectivity index (χ1v) is 12.0. The molecule has 0 radical (unpaired) electrons. The number of hydrogen-bond donors (Lipinski definition) is 1. The zero-order chi connectivity index (χ0) is 23.8. The minimum Gasteiger partial charge on any atom is -0.493 e. The highest BCUT2D eigenvalue weighted by Gasteiger charge is 2.27. The van der Waals surface area contributed by atoms with Crippen LogP contribution in [0.15, 0.2) is 87.3 Å². The first-order chi connectivity index (χ1) is 15.8. The molecule has 33 heavy (non-hydrogen) atoms. The van der Waals surface area contributed by atoms with Crippen LogP contribution in [0, 0.1) is 0 Å². The minimum atomic E-state index is -3.99. The second kappa shape index (κ2) is 11.0. The number of ether oxygens (including phenoxy) is 2. The van der Waals surface area contributed by atoms with E-state index in [1.165, 1.54) is 32.6 Å². The lowest BCUT2D eigenvalue weighted by Crippen LogP contribution is -2.39. The number of nitrogens with one attached hydrogen (secondary N) is 1. The van der Waals surface area contributed by atoms with Crippen molar-refractivity contribution in [1.29, 1.82) is 0 Å². The van der Waals surface area contributed by atoms with Crippen LogP contribution in [0.5, 0.6) is 11.5 Å². The molecule has 1 N–H and O–H groups in total. The van der Waals surface area contributed by atoms with E-state index in [2.05, 4.69) is 26.5 Å². The first kappa shape index (κ1) is 24.3. The summed E-state index contributed by atoms with van der Waals surface area (Å²) in [7, 11) is -0.938. The molecule has 0 unspecified atom stereocenters. The zero-order valence-electron chi connectivity index (χ0n) is 17.9. The van der Waals surface area contributed by atoms with E-state index in [0.29, 0.717) is 27.2 Å². The Morgan fingerprint density at radius 3 is 2.39 bits per heavy atom. The van der Waals surface area contributed by atoms with Crippen molar-refractivity contribution in [2.75, 3.05) is 25.1 Å². The van der Waals surface area contributed by atoms with Crippen molar-refractivity contribution in [3.63, 3.8) is 0 Å². The number of nitrogens with zero attached hydrogens (tertiary/aromatic N) is 2. The van der Waals surface area contributed by atoms with Gasteiger partial charge in [0.25, 0.3) is 15.9 Å². The van der Waals surface area contributed by atoms with Gasteiger partial charge in [0.1, 0.15) is 6.54 Å². The Balaban J connectivity index is 1.80. The standard InChI is InChI=1S/C23H22BrN3O5S/c1-31-21-12-11-17(13-22(21)32-2)15-25-26-23(28)16-27(19-8-6-7-18(24)14-19)33(29,30)20-9-4-3-5-10-20/h3-15H,16H2,1-2H3,(H,26,28)/b25-15+. The van der Waals surface area contributed by atoms with Gasteiger partial charge in [-0.15, -0.1) is 0 Å². The van der Waals surface area contributed by atoms with E-state index in [0.717, 1.165) is 4.31 Å². The molecular formula is C23H22BrN3O5S. The highest BCUT2D eigenvalue weighted by atomic mass is 79.9. The Morgan fingerprint density at radius 1 is 1.00 bits per heavy atom. The molecule has 0 bridgehead atoms. The Bertz CT molecular complexity index is 1250. The summed E-state index contributed by atoms with van der Waals surface area (Å²) in [5.74, 6) is 0.475. The second-order valence-electron chi connectivity index (χ2n) is 6.71. The van der Waals surface area contributed by atoms with E-state index >= 15 is 0 Å². The molecule has 0 spiro atoms. The lowest BCUT2D eigenvalue weighted by Gasteiger charge is -2.23. The average molecular weight is 532 g/mol. The smallest absolute Gasteiger partial charge is 0.264 e. The molecule has 10 heteroatoms. The number of anilines is 1. The number of sulfonamides is 1. The maximum absolute atomic E-state index is 13.3. The van der Waals surface area contributed by atoms with Crippen LogP contribution in [0.25, 0.3) is 0 Å². The summed E-state index contributed by atoms with van der Waals surface area (Å²) in [4.78, 5) is 12.7. The SMILES string of the molecule is COc1ccc(/C=N/NC(=O)CN(c2cccc(Br)c2)S(=O)(=O)c2ccccc2)cc1OC. The molecule has 3 rings (SSSR count). The number of rotatable bonds is 9. The molecule has 1 amide bonds. The Kier molecular flexibility index (Phi) is 8.07. The summed E-state index contributed by atoms with van der Waals surface area (Å²) < 4.78 is 38.7. The lowest BCUT2D eigenvalue weighted by atomic mass is 10.2. The van der Waals surface area contributed by atoms with Crippen LogP contribution in [0.1, 0.15) is 5.56 Å². The molecule has 8 nitrogen and oxygen atoms in total. The van der Waals surface area contributed by atoms with Gasteiger partial charge in [0.2, 0.25) is 0 Å². The molecule has 0 aromatic heterocycles. The largest absolute Gasteiger partial charge is 0.493 e. The summed E-state index contributed by atoms with van der Waals surface area (Å²) in [5, 5.41) is 3.94. The third kappa shape index (κ3) is 6.11. The normalized spacial score (nSPS) is 11.2. The van der Waals surface area contributed by atoms with Crippen molar-refractivity contribution in [2.45, 2.75) is 4.90 Å². The van der Waals surface area contributed by atoms with Crippen LogP contribution in [-0.2, 0) is 14.8 Å². The average Bonchev–Trinajstić information content (AvgIpc) is 2.82. The van der Waals surface area contributed by atoms with Gasteiger partial charge in [0, 0.05) is 4.47 Å². The van der Waals surface area contributed by atoms with E-state index < -0.39 is 22.5 Å². The van der Waals surface area contributed by atoms with Crippen LogP contribution in [0.2, 0.25) is 0 Å². The van der Waals surface area contributed by atoms with Gasteiger partial charge in [0.15, 0.2) is 11.5 Å². The molecule has 0 saturated heterocycles. The molecule has 0 aliphatic rings. The van der Waals surface area contributed by atoms with Gasteiger partial charge >= 0.3 is 0 Å². The fraction of sp³-hybridized carbons (Fsp3) is 0.130. The van der Waals surface area contributed by atoms with Crippen LogP contribution in [-0.4, -0.2) is 41.3 Å². The molecule has 3 aromatic rings. The zero-order valence-corrected chi connectivity index (χ0v) is 20.3. The van der Waals surface area contributed by atoms with E-state index in [4.69, 9.17) is 9.47 Å². The Labute approximate surface area is 201 Å². The predicted molar refractivity (Wildman–Crippen MR) is 130 cm³/mol. The summed E-state index contributed by atoms with van der Waals surface area (Å²) in [6.07, 6.45) is 1.43. The van der Waals surface area contributed by atoms with Crippen molar-refractivity contribution < 1.29 is 22.7 Å². The number of carbonyl (C=O) groups excluding carboxylic acids is 1. The van der Waals surface area contributed by atoms with Gasteiger partial charge < -0.3 is 9.47 Å². The van der Waals surface area contributed by atoms with E-state index in [-0.39, 0.29) is 4.90 Å². The molecular weight excluding hydrogens is 510 g/mol. The topological polar surface area (TPSA) is 97.3 Å². The predicted octanol–water partition coefficient (Wildman–Crippen LogP) is 3.81. The summed E-state index contributed by atoms with van der Waals surface area (Å²) >= 11 is 3.34. The molecule has 172 valence electrons. The summed E-state index contributed by atoms with van der Waals surface area (Å²) in [6.45, 7) is -0.461. The van der Waals surface area contributed by atoms with Crippen LogP contribution >= 0.6 is 15.9 Å². The van der Waals surface area contributed by atoms with Gasteiger partial charge in [-0.05, 0) is 54.1 Å². The van der Waals surface area contributed by atoms with Crippen molar-refractivity contribution in [3.8, 4) is 11.5 Å². The monoisotopic (exact) mass is 531 g/mol. The Hall–Kier alpha value is -3.37. The number of amides is 1. The highest BCUT2D eigenvalue weighted by molar-refractivity contribution is 9.10. The molecule has 0 fully saturated rings. The van der Waals surface area contributed by atoms with Gasteiger partial charge in [-0.2, -0.15) is 5.10 Å². The van der Waals surface area contributed by atoms with Crippen molar-refractivity contribution in [1.82, 2.24) is 5.43 Å². The number of halogens is 1. The molecule has 0 atom stereocenters. The maximum Gasteiger partial charge on any atom is 0.264 e. The fourth-order valence-electron chi connectivity index (χ4n) is 2.94. The van der Waals surface area contributed by atoms with Crippen molar-refractivity contribution in [2.24, 2.45) is 5.10 Å². The summed E-state index contributed by atoms with van der Waals surface area (Å²) in [6, 6.07) is 19.8. The lowest BCUT2D eigenvalue weighted by molar-refractivity contribution is -0.119. The molecule has 0 aliphatic carbocycles. The van der Waals surface area contributed by atoms with Gasteiger partial charge in [-0.3, -0.25) is 9.10 Å². The third-order valence-electron chi connectivity index (χ3n) is 4.53. The molecule has 0 saturated carbocycles. The minimum absolute atomic E-state index is 0.0756. The number of benzene rings is 3. The van der Waals surface area contributed by atoms with E-state index in [1.807, 2.05) is 0 Å². The quantitative estimate of drug-likeness (QED) is 0.334. The van der Waals surface area contributed by atoms with Gasteiger partial charge in [0.05, 0.1) is 31.0 Å². The fourth-order valence-corrected chi connectivity index (χ4v) is 4.76. The molecule has 3 aromatic carbocycles. The van der Waals surface area contributed by atoms with E-state index in [1.54, 1.807) is 60.7 Å². The molecule has 0 heterocycles. The van der Waals surface area contributed by atoms with E-state index in [9.17, 15) is 13.2 Å². The van der Waals surface area contributed by atoms with Crippen molar-refractivity contribution >= 4 is 43.8 Å².